The zero-order chi connectivity index (χ0) is 14.3. The minimum atomic E-state index is -0.253. The molecule has 1 aliphatic heterocycles. The molecule has 1 fully saturated rings. The van der Waals surface area contributed by atoms with Crippen LogP contribution in [0.2, 0.25) is 0 Å². The van der Waals surface area contributed by atoms with Gasteiger partial charge in [0, 0.05) is 24.8 Å². The number of hydrogen-bond donors (Lipinski definition) is 1. The third-order valence-corrected chi connectivity index (χ3v) is 3.79. The van der Waals surface area contributed by atoms with Crippen molar-refractivity contribution < 1.29 is 4.79 Å². The molecule has 1 heterocycles. The minimum absolute atomic E-state index is 0.104. The molecule has 1 aliphatic rings. The SMILES string of the molecule is CCC(C)NC(=O)/C(C#N)=C\N1CCCCC1CC. The highest BCUT2D eigenvalue weighted by molar-refractivity contribution is 5.97. The van der Waals surface area contributed by atoms with E-state index < -0.39 is 0 Å². The molecule has 4 nitrogen and oxygen atoms in total. The molecule has 1 N–H and O–H groups in total. The number of likely N-dealkylation sites (tertiary alicyclic amines) is 1. The number of nitrogens with zero attached hydrogens (tertiary/aromatic N) is 2. The summed E-state index contributed by atoms with van der Waals surface area (Å²) in [5.41, 5.74) is 0.223. The van der Waals surface area contributed by atoms with Crippen molar-refractivity contribution in [2.45, 2.75) is 65.0 Å². The molecule has 0 bridgehead atoms. The predicted octanol–water partition coefficient (Wildman–Crippen LogP) is 2.57. The molecular weight excluding hydrogens is 238 g/mol. The highest BCUT2D eigenvalue weighted by Crippen LogP contribution is 2.20. The van der Waals surface area contributed by atoms with Crippen molar-refractivity contribution in [1.82, 2.24) is 10.2 Å². The van der Waals surface area contributed by atoms with Crippen molar-refractivity contribution in [3.8, 4) is 6.07 Å². The number of carbonyl (C=O) groups is 1. The molecule has 106 valence electrons. The summed E-state index contributed by atoms with van der Waals surface area (Å²) in [4.78, 5) is 14.1. The van der Waals surface area contributed by atoms with Crippen molar-refractivity contribution in [3.63, 3.8) is 0 Å². The average Bonchev–Trinajstić information content (AvgIpc) is 2.44. The van der Waals surface area contributed by atoms with Gasteiger partial charge in [0.15, 0.2) is 0 Å². The molecule has 2 atom stereocenters. The van der Waals surface area contributed by atoms with Gasteiger partial charge in [0.05, 0.1) is 0 Å². The third kappa shape index (κ3) is 4.59. The zero-order valence-electron chi connectivity index (χ0n) is 12.3. The van der Waals surface area contributed by atoms with E-state index in [1.807, 2.05) is 19.9 Å². The molecule has 0 saturated carbocycles. The molecule has 2 unspecified atom stereocenters. The fourth-order valence-electron chi connectivity index (χ4n) is 2.34. The Labute approximate surface area is 116 Å². The second-order valence-corrected chi connectivity index (χ2v) is 5.23. The second kappa shape index (κ2) is 7.83. The van der Waals surface area contributed by atoms with Crippen LogP contribution in [0.15, 0.2) is 11.8 Å². The van der Waals surface area contributed by atoms with Crippen molar-refractivity contribution in [2.24, 2.45) is 0 Å². The lowest BCUT2D eigenvalue weighted by molar-refractivity contribution is -0.117. The summed E-state index contributed by atoms with van der Waals surface area (Å²) in [6.07, 6.45) is 7.21. The Hall–Kier alpha value is -1.50. The van der Waals surface area contributed by atoms with Crippen LogP contribution >= 0.6 is 0 Å². The van der Waals surface area contributed by atoms with E-state index in [4.69, 9.17) is 5.26 Å². The van der Waals surface area contributed by atoms with Crippen LogP contribution < -0.4 is 5.32 Å². The molecule has 1 saturated heterocycles. The van der Waals surface area contributed by atoms with E-state index in [1.54, 1.807) is 6.20 Å². The summed E-state index contributed by atoms with van der Waals surface area (Å²) in [5, 5.41) is 12.0. The van der Waals surface area contributed by atoms with Crippen LogP contribution in [0.25, 0.3) is 0 Å². The van der Waals surface area contributed by atoms with Gasteiger partial charge in [0.25, 0.3) is 5.91 Å². The topological polar surface area (TPSA) is 56.1 Å². The van der Waals surface area contributed by atoms with Crippen LogP contribution in [0.1, 0.15) is 52.9 Å². The van der Waals surface area contributed by atoms with Gasteiger partial charge in [0.2, 0.25) is 0 Å². The van der Waals surface area contributed by atoms with Gasteiger partial charge in [-0.3, -0.25) is 4.79 Å². The van der Waals surface area contributed by atoms with Crippen molar-refractivity contribution >= 4 is 5.91 Å². The number of hydrogen-bond acceptors (Lipinski definition) is 3. The lowest BCUT2D eigenvalue weighted by atomic mass is 10.0. The molecular formula is C15H25N3O. The smallest absolute Gasteiger partial charge is 0.263 e. The Balaban J connectivity index is 2.74. The van der Waals surface area contributed by atoms with E-state index in [-0.39, 0.29) is 17.5 Å². The van der Waals surface area contributed by atoms with Crippen molar-refractivity contribution in [2.75, 3.05) is 6.54 Å². The number of rotatable bonds is 5. The summed E-state index contributed by atoms with van der Waals surface area (Å²) in [5.74, 6) is -0.253. The fraction of sp³-hybridized carbons (Fsp3) is 0.733. The van der Waals surface area contributed by atoms with Gasteiger partial charge >= 0.3 is 0 Å². The summed E-state index contributed by atoms with van der Waals surface area (Å²) in [7, 11) is 0. The Bertz CT molecular complexity index is 370. The van der Waals surface area contributed by atoms with Gasteiger partial charge < -0.3 is 10.2 Å². The van der Waals surface area contributed by atoms with Crippen molar-refractivity contribution in [1.29, 1.82) is 5.26 Å². The first kappa shape index (κ1) is 15.6. The number of carbonyl (C=O) groups excluding carboxylic acids is 1. The maximum absolute atomic E-state index is 12.0. The lowest BCUT2D eigenvalue weighted by Gasteiger charge is -2.34. The Morgan fingerprint density at radius 1 is 1.53 bits per heavy atom. The molecule has 1 rings (SSSR count). The number of nitrogens with one attached hydrogen (secondary N) is 1. The number of nitriles is 1. The average molecular weight is 263 g/mol. The first-order chi connectivity index (χ1) is 9.12. The highest BCUT2D eigenvalue weighted by Gasteiger charge is 2.20. The highest BCUT2D eigenvalue weighted by atomic mass is 16.1. The van der Waals surface area contributed by atoms with Crippen LogP contribution in [-0.2, 0) is 4.79 Å². The molecule has 0 aliphatic carbocycles. The van der Waals surface area contributed by atoms with Gasteiger partial charge in [0.1, 0.15) is 11.6 Å². The first-order valence-electron chi connectivity index (χ1n) is 7.30. The Morgan fingerprint density at radius 3 is 2.84 bits per heavy atom. The third-order valence-electron chi connectivity index (χ3n) is 3.79. The molecule has 1 amide bonds. The van der Waals surface area contributed by atoms with Gasteiger partial charge in [-0.05, 0) is 39.0 Å². The molecule has 19 heavy (non-hydrogen) atoms. The summed E-state index contributed by atoms with van der Waals surface area (Å²) in [6, 6.07) is 2.60. The molecule has 0 spiro atoms. The normalized spacial score (nSPS) is 21.7. The Morgan fingerprint density at radius 2 is 2.26 bits per heavy atom. The van der Waals surface area contributed by atoms with E-state index in [0.29, 0.717) is 6.04 Å². The lowest BCUT2D eigenvalue weighted by Crippen LogP contribution is -2.37. The zero-order valence-corrected chi connectivity index (χ0v) is 12.3. The first-order valence-corrected chi connectivity index (χ1v) is 7.30. The molecule has 0 aromatic carbocycles. The monoisotopic (exact) mass is 263 g/mol. The number of piperidine rings is 1. The van der Waals surface area contributed by atoms with Crippen molar-refractivity contribution in [3.05, 3.63) is 11.8 Å². The van der Waals surface area contributed by atoms with E-state index in [2.05, 4.69) is 17.1 Å². The van der Waals surface area contributed by atoms with E-state index in [9.17, 15) is 4.79 Å². The van der Waals surface area contributed by atoms with E-state index in [1.165, 1.54) is 6.42 Å². The summed E-state index contributed by atoms with van der Waals surface area (Å²) in [6.45, 7) is 7.06. The molecule has 0 aromatic rings. The van der Waals surface area contributed by atoms with Crippen LogP contribution in [0.4, 0.5) is 0 Å². The van der Waals surface area contributed by atoms with E-state index in [0.717, 1.165) is 32.2 Å². The van der Waals surface area contributed by atoms with Gasteiger partial charge in [-0.2, -0.15) is 5.26 Å². The number of amides is 1. The van der Waals surface area contributed by atoms with E-state index >= 15 is 0 Å². The second-order valence-electron chi connectivity index (χ2n) is 5.23. The molecule has 0 aromatic heterocycles. The van der Waals surface area contributed by atoms with Crippen LogP contribution in [0.5, 0.6) is 0 Å². The van der Waals surface area contributed by atoms with Gasteiger partial charge in [-0.25, -0.2) is 0 Å². The Kier molecular flexibility index (Phi) is 6.41. The van der Waals surface area contributed by atoms with Gasteiger partial charge in [-0.15, -0.1) is 0 Å². The van der Waals surface area contributed by atoms with Crippen LogP contribution in [0, 0.1) is 11.3 Å². The molecule has 4 heteroatoms. The fourth-order valence-corrected chi connectivity index (χ4v) is 2.34. The summed E-state index contributed by atoms with van der Waals surface area (Å²) >= 11 is 0. The standard InChI is InChI=1S/C15H25N3O/c1-4-12(3)17-15(19)13(10-16)11-18-9-7-6-8-14(18)5-2/h11-12,14H,4-9H2,1-3H3,(H,17,19)/b13-11-. The largest absolute Gasteiger partial charge is 0.373 e. The quantitative estimate of drug-likeness (QED) is 0.612. The van der Waals surface area contributed by atoms with Gasteiger partial charge in [-0.1, -0.05) is 13.8 Å². The maximum Gasteiger partial charge on any atom is 0.263 e. The predicted molar refractivity (Wildman–Crippen MR) is 76.2 cm³/mol. The maximum atomic E-state index is 12.0. The minimum Gasteiger partial charge on any atom is -0.373 e. The van der Waals surface area contributed by atoms with Crippen LogP contribution in [-0.4, -0.2) is 29.4 Å². The van der Waals surface area contributed by atoms with Crippen LogP contribution in [0.3, 0.4) is 0 Å². The summed E-state index contributed by atoms with van der Waals surface area (Å²) < 4.78 is 0. The molecule has 0 radical (unpaired) electrons.